The third kappa shape index (κ3) is 4.13. The Labute approximate surface area is 182 Å². The first-order valence-corrected chi connectivity index (χ1v) is 10.4. The topological polar surface area (TPSA) is 70.4 Å². The first kappa shape index (κ1) is 22.0. The lowest BCUT2D eigenvalue weighted by Gasteiger charge is -2.33. The van der Waals surface area contributed by atoms with Crippen LogP contribution in [0, 0.1) is 17.5 Å². The van der Waals surface area contributed by atoms with Gasteiger partial charge in [0.25, 0.3) is 5.91 Å². The molecule has 4 rings (SSSR count). The Hall–Kier alpha value is -3.17. The zero-order chi connectivity index (χ0) is 22.8. The van der Waals surface area contributed by atoms with Crippen LogP contribution < -0.4 is 5.48 Å². The van der Waals surface area contributed by atoms with Crippen LogP contribution in [0.15, 0.2) is 36.4 Å². The molecule has 1 aliphatic rings. The van der Waals surface area contributed by atoms with Gasteiger partial charge in [-0.05, 0) is 43.6 Å². The van der Waals surface area contributed by atoms with Crippen molar-refractivity contribution in [1.82, 2.24) is 19.9 Å². The number of nitrogens with zero attached hydrogens (tertiary/aromatic N) is 3. The Balaban J connectivity index is 1.89. The molecule has 6 nitrogen and oxygen atoms in total. The van der Waals surface area contributed by atoms with E-state index < -0.39 is 23.4 Å². The summed E-state index contributed by atoms with van der Waals surface area (Å²) < 4.78 is 44.7. The van der Waals surface area contributed by atoms with E-state index in [2.05, 4.69) is 9.88 Å². The van der Waals surface area contributed by atoms with Crippen molar-refractivity contribution in [3.8, 4) is 11.4 Å². The highest BCUT2D eigenvalue weighted by Gasteiger charge is 2.28. The molecular weight excluding hydrogens is 421 g/mol. The Morgan fingerprint density at radius 3 is 2.84 bits per heavy atom. The third-order valence-corrected chi connectivity index (χ3v) is 5.79. The maximum Gasteiger partial charge on any atom is 0.267 e. The number of rotatable bonds is 5. The van der Waals surface area contributed by atoms with Gasteiger partial charge in [-0.15, -0.1) is 0 Å². The molecule has 0 aliphatic carbocycles. The molecule has 1 fully saturated rings. The van der Waals surface area contributed by atoms with Crippen LogP contribution in [0.2, 0.25) is 0 Å². The molecule has 3 aromatic rings. The Morgan fingerprint density at radius 2 is 2.09 bits per heavy atom. The molecule has 9 heteroatoms. The Bertz CT molecular complexity index is 1190. The number of fused-ring (bicyclic) bond motifs is 1. The number of benzene rings is 2. The number of nitrogens with one attached hydrogen (secondary N) is 1. The second-order valence-corrected chi connectivity index (χ2v) is 7.78. The van der Waals surface area contributed by atoms with E-state index in [1.807, 2.05) is 6.92 Å². The molecule has 2 aromatic carbocycles. The summed E-state index contributed by atoms with van der Waals surface area (Å²) >= 11 is 0. The van der Waals surface area contributed by atoms with Crippen LogP contribution in [0.1, 0.15) is 31.4 Å². The molecule has 2 N–H and O–H groups in total. The summed E-state index contributed by atoms with van der Waals surface area (Å²) in [5, 5.41) is 8.65. The van der Waals surface area contributed by atoms with Gasteiger partial charge in [0.15, 0.2) is 17.5 Å². The highest BCUT2D eigenvalue weighted by atomic mass is 19.2. The third-order valence-electron chi connectivity index (χ3n) is 5.79. The van der Waals surface area contributed by atoms with Crippen LogP contribution in [-0.2, 0) is 4.79 Å². The molecule has 1 saturated heterocycles. The van der Waals surface area contributed by atoms with Crippen molar-refractivity contribution < 1.29 is 23.2 Å². The molecule has 0 unspecified atom stereocenters. The summed E-state index contributed by atoms with van der Waals surface area (Å²) in [6, 6.07) is 7.76. The number of hydroxylamine groups is 1. The summed E-state index contributed by atoms with van der Waals surface area (Å²) in [5.41, 5.74) is 2.76. The number of imidazole rings is 1. The van der Waals surface area contributed by atoms with Crippen LogP contribution in [-0.4, -0.2) is 45.2 Å². The van der Waals surface area contributed by atoms with Gasteiger partial charge in [0.2, 0.25) is 0 Å². The van der Waals surface area contributed by atoms with Crippen molar-refractivity contribution in [3.63, 3.8) is 0 Å². The average molecular weight is 444 g/mol. The quantitative estimate of drug-likeness (QED) is 0.267. The largest absolute Gasteiger partial charge is 0.317 e. The van der Waals surface area contributed by atoms with E-state index in [9.17, 15) is 18.0 Å². The highest BCUT2D eigenvalue weighted by molar-refractivity contribution is 5.91. The Kier molecular flexibility index (Phi) is 6.29. The van der Waals surface area contributed by atoms with Gasteiger partial charge in [-0.1, -0.05) is 25.1 Å². The molecule has 2 heterocycles. The predicted molar refractivity (Wildman–Crippen MR) is 114 cm³/mol. The molecule has 32 heavy (non-hydrogen) atoms. The maximum absolute atomic E-state index is 14.9. The van der Waals surface area contributed by atoms with E-state index >= 15 is 0 Å². The van der Waals surface area contributed by atoms with Gasteiger partial charge in [-0.3, -0.25) is 10.0 Å². The van der Waals surface area contributed by atoms with E-state index in [4.69, 9.17) is 5.21 Å². The van der Waals surface area contributed by atoms with Crippen LogP contribution in [0.25, 0.3) is 28.5 Å². The number of halogens is 3. The van der Waals surface area contributed by atoms with Crippen LogP contribution in [0.3, 0.4) is 0 Å². The number of hydrogen-bond donors (Lipinski definition) is 2. The number of aromatic nitrogens is 2. The number of likely N-dealkylation sites (N-methyl/N-ethyl adjacent to an activating group) is 1. The van der Waals surface area contributed by atoms with E-state index in [0.717, 1.165) is 38.1 Å². The van der Waals surface area contributed by atoms with Gasteiger partial charge >= 0.3 is 0 Å². The maximum atomic E-state index is 14.9. The van der Waals surface area contributed by atoms with Crippen molar-refractivity contribution in [2.75, 3.05) is 19.6 Å². The zero-order valence-electron chi connectivity index (χ0n) is 17.5. The van der Waals surface area contributed by atoms with Crippen molar-refractivity contribution in [2.45, 2.75) is 25.8 Å². The van der Waals surface area contributed by atoms with E-state index in [-0.39, 0.29) is 17.1 Å². The number of carbonyl (C=O) groups excluding carboxylic acids is 1. The zero-order valence-corrected chi connectivity index (χ0v) is 17.5. The summed E-state index contributed by atoms with van der Waals surface area (Å²) in [5.74, 6) is -4.33. The van der Waals surface area contributed by atoms with Crippen molar-refractivity contribution in [1.29, 1.82) is 0 Å². The second kappa shape index (κ2) is 9.13. The fraction of sp³-hybridized carbons (Fsp3) is 0.304. The molecule has 168 valence electrons. The highest BCUT2D eigenvalue weighted by Crippen LogP contribution is 2.35. The average Bonchev–Trinajstić information content (AvgIpc) is 3.20. The van der Waals surface area contributed by atoms with E-state index in [0.29, 0.717) is 23.5 Å². The lowest BCUT2D eigenvalue weighted by Crippen LogP contribution is -2.36. The number of likely N-dealkylation sites (tertiary alicyclic amines) is 1. The predicted octanol–water partition coefficient (Wildman–Crippen LogP) is 4.30. The normalized spacial score (nSPS) is 17.3. The van der Waals surface area contributed by atoms with Crippen molar-refractivity contribution in [3.05, 3.63) is 59.4 Å². The van der Waals surface area contributed by atoms with Crippen molar-refractivity contribution in [2.24, 2.45) is 0 Å². The minimum atomic E-state index is -1.51. The minimum absolute atomic E-state index is 0.0469. The van der Waals surface area contributed by atoms with Crippen LogP contribution in [0.4, 0.5) is 13.2 Å². The lowest BCUT2D eigenvalue weighted by atomic mass is 10.0. The van der Waals surface area contributed by atoms with E-state index in [1.165, 1.54) is 11.6 Å². The van der Waals surface area contributed by atoms with Gasteiger partial charge in [0.1, 0.15) is 11.3 Å². The summed E-state index contributed by atoms with van der Waals surface area (Å²) in [6.07, 6.45) is 4.31. The first-order valence-electron chi connectivity index (χ1n) is 10.4. The van der Waals surface area contributed by atoms with Crippen LogP contribution in [0.5, 0.6) is 0 Å². The fourth-order valence-electron chi connectivity index (χ4n) is 4.24. The van der Waals surface area contributed by atoms with Gasteiger partial charge in [0, 0.05) is 30.3 Å². The Morgan fingerprint density at radius 1 is 1.28 bits per heavy atom. The monoisotopic (exact) mass is 444 g/mol. The summed E-state index contributed by atoms with van der Waals surface area (Å²) in [4.78, 5) is 18.0. The number of amides is 1. The molecule has 0 radical (unpaired) electrons. The number of piperidine rings is 1. The standard InChI is InChI=1S/C23H23F3N4O2/c1-2-29-10-4-7-16(13-29)30-22-18(12-17(24)20(25)21(22)26)27-23(30)15-6-3-5-14(11-15)8-9-19(31)28-32/h3,5-6,8-9,11-12,16,32H,2,4,7,10,13H2,1H3,(H,28,31)/b9-8+/t16-/m1/s1. The summed E-state index contributed by atoms with van der Waals surface area (Å²) in [7, 11) is 0. The van der Waals surface area contributed by atoms with E-state index in [1.54, 1.807) is 28.8 Å². The van der Waals surface area contributed by atoms with Crippen LogP contribution >= 0.6 is 0 Å². The molecule has 1 aliphatic heterocycles. The summed E-state index contributed by atoms with van der Waals surface area (Å²) in [6.45, 7) is 4.44. The number of hydrogen-bond acceptors (Lipinski definition) is 4. The molecular formula is C23H23F3N4O2. The molecule has 0 bridgehead atoms. The van der Waals surface area contributed by atoms with Crippen molar-refractivity contribution >= 4 is 23.0 Å². The molecule has 1 atom stereocenters. The molecule has 1 aromatic heterocycles. The van der Waals surface area contributed by atoms with Gasteiger partial charge in [-0.25, -0.2) is 23.6 Å². The van der Waals surface area contributed by atoms with Gasteiger partial charge in [0.05, 0.1) is 5.52 Å². The molecule has 0 spiro atoms. The molecule has 0 saturated carbocycles. The first-order chi connectivity index (χ1) is 15.4. The minimum Gasteiger partial charge on any atom is -0.317 e. The lowest BCUT2D eigenvalue weighted by molar-refractivity contribution is -0.124. The second-order valence-electron chi connectivity index (χ2n) is 7.78. The van der Waals surface area contributed by atoms with Gasteiger partial charge < -0.3 is 9.47 Å². The SMILES string of the molecule is CCN1CCC[C@@H](n2c(-c3cccc(/C=C/C(=O)NO)c3)nc3cc(F)c(F)c(F)c32)C1. The fourth-order valence-corrected chi connectivity index (χ4v) is 4.24. The van der Waals surface area contributed by atoms with Gasteiger partial charge in [-0.2, -0.15) is 0 Å². The smallest absolute Gasteiger partial charge is 0.267 e. The number of carbonyl (C=O) groups is 1. The molecule has 1 amide bonds.